The van der Waals surface area contributed by atoms with Gasteiger partial charge in [-0.1, -0.05) is 13.0 Å². The van der Waals surface area contributed by atoms with Crippen molar-refractivity contribution in [2.24, 2.45) is 0 Å². The van der Waals surface area contributed by atoms with Crippen LogP contribution >= 0.6 is 0 Å². The van der Waals surface area contributed by atoms with Crippen LogP contribution < -0.4 is 0 Å². The third-order valence-corrected chi connectivity index (χ3v) is 2.76. The highest BCUT2D eigenvalue weighted by Gasteiger charge is 2.50. The Morgan fingerprint density at radius 2 is 2.07 bits per heavy atom. The van der Waals surface area contributed by atoms with Crippen molar-refractivity contribution in [2.45, 2.75) is 58.4 Å². The van der Waals surface area contributed by atoms with E-state index in [1.54, 1.807) is 0 Å². The van der Waals surface area contributed by atoms with E-state index in [4.69, 9.17) is 14.2 Å². The molecule has 2 fully saturated rings. The first kappa shape index (κ1) is 10.1. The molecule has 0 amide bonds. The van der Waals surface area contributed by atoms with E-state index >= 15 is 0 Å². The zero-order valence-electron chi connectivity index (χ0n) is 9.24. The van der Waals surface area contributed by atoms with Crippen molar-refractivity contribution in [1.82, 2.24) is 0 Å². The molecular formula is C11H18O3. The molecular weight excluding hydrogens is 180 g/mol. The van der Waals surface area contributed by atoms with Gasteiger partial charge in [-0.05, 0) is 32.8 Å². The summed E-state index contributed by atoms with van der Waals surface area (Å²) in [6.45, 7) is 7.98. The molecule has 0 bridgehead atoms. The summed E-state index contributed by atoms with van der Waals surface area (Å²) in [6, 6.07) is 0. The van der Waals surface area contributed by atoms with Gasteiger partial charge in [-0.25, -0.2) is 0 Å². The molecule has 0 radical (unpaired) electrons. The van der Waals surface area contributed by atoms with Gasteiger partial charge in [0.25, 0.3) is 0 Å². The number of rotatable bonds is 1. The van der Waals surface area contributed by atoms with Gasteiger partial charge in [-0.3, -0.25) is 0 Å². The normalized spacial score (nSPS) is 43.1. The summed E-state index contributed by atoms with van der Waals surface area (Å²) < 4.78 is 17.2. The third kappa shape index (κ3) is 1.49. The van der Waals surface area contributed by atoms with Crippen molar-refractivity contribution in [3.05, 3.63) is 11.6 Å². The first-order chi connectivity index (χ1) is 6.57. The van der Waals surface area contributed by atoms with Crippen molar-refractivity contribution in [1.29, 1.82) is 0 Å². The molecule has 80 valence electrons. The molecule has 0 aromatic rings. The van der Waals surface area contributed by atoms with E-state index in [0.717, 1.165) is 6.42 Å². The average molecular weight is 198 g/mol. The van der Waals surface area contributed by atoms with E-state index in [9.17, 15) is 0 Å². The molecule has 0 aliphatic carbocycles. The molecule has 3 heteroatoms. The van der Waals surface area contributed by atoms with Gasteiger partial charge >= 0.3 is 0 Å². The van der Waals surface area contributed by atoms with Crippen molar-refractivity contribution in [3.8, 4) is 0 Å². The summed E-state index contributed by atoms with van der Waals surface area (Å²) >= 11 is 0. The fourth-order valence-corrected chi connectivity index (χ4v) is 2.16. The van der Waals surface area contributed by atoms with Crippen molar-refractivity contribution in [2.75, 3.05) is 0 Å². The van der Waals surface area contributed by atoms with Crippen LogP contribution in [0.5, 0.6) is 0 Å². The van der Waals surface area contributed by atoms with E-state index in [2.05, 4.69) is 13.0 Å². The predicted octanol–water partition coefficient (Wildman–Crippen LogP) is 2.22. The lowest BCUT2D eigenvalue weighted by atomic mass is 10.0. The second-order valence-corrected chi connectivity index (χ2v) is 4.25. The van der Waals surface area contributed by atoms with Crippen molar-refractivity contribution >= 4 is 0 Å². The highest BCUT2D eigenvalue weighted by Crippen LogP contribution is 2.40. The topological polar surface area (TPSA) is 27.7 Å². The molecule has 2 aliphatic heterocycles. The van der Waals surface area contributed by atoms with Crippen LogP contribution in [0, 0.1) is 0 Å². The number of allylic oxidation sites excluding steroid dienone is 1. The van der Waals surface area contributed by atoms with E-state index in [1.165, 1.54) is 5.57 Å². The molecule has 2 heterocycles. The first-order valence-corrected chi connectivity index (χ1v) is 5.24. The Balaban J connectivity index is 2.18. The molecule has 3 nitrogen and oxygen atoms in total. The van der Waals surface area contributed by atoms with Crippen molar-refractivity contribution < 1.29 is 14.2 Å². The molecule has 0 unspecified atom stereocenters. The van der Waals surface area contributed by atoms with Crippen molar-refractivity contribution in [3.63, 3.8) is 0 Å². The largest absolute Gasteiger partial charge is 0.342 e. The van der Waals surface area contributed by atoms with Gasteiger partial charge in [0.05, 0.1) is 6.10 Å². The first-order valence-electron chi connectivity index (χ1n) is 5.24. The summed E-state index contributed by atoms with van der Waals surface area (Å²) in [4.78, 5) is 0. The standard InChI is InChI=1S/C11H18O3/c1-5-7-8(6-2)12-10-9(7)13-11(3,4)14-10/h5,8-10H,6H2,1-4H3/t8-,9-,10-/m1/s1. The molecule has 0 saturated carbocycles. The zero-order chi connectivity index (χ0) is 10.3. The molecule has 3 atom stereocenters. The summed E-state index contributed by atoms with van der Waals surface area (Å²) in [5.74, 6) is -0.512. The Kier molecular flexibility index (Phi) is 2.41. The lowest BCUT2D eigenvalue weighted by Gasteiger charge is -2.21. The van der Waals surface area contributed by atoms with Crippen LogP contribution in [0.2, 0.25) is 0 Å². The molecule has 2 saturated heterocycles. The second-order valence-electron chi connectivity index (χ2n) is 4.25. The van der Waals surface area contributed by atoms with Gasteiger partial charge in [0.2, 0.25) is 0 Å². The van der Waals surface area contributed by atoms with Gasteiger partial charge in [0.15, 0.2) is 12.1 Å². The molecule has 2 rings (SSSR count). The Morgan fingerprint density at radius 3 is 2.64 bits per heavy atom. The minimum Gasteiger partial charge on any atom is -0.342 e. The summed E-state index contributed by atoms with van der Waals surface area (Å²) in [5, 5.41) is 0. The fourth-order valence-electron chi connectivity index (χ4n) is 2.16. The monoisotopic (exact) mass is 198 g/mol. The summed E-state index contributed by atoms with van der Waals surface area (Å²) in [7, 11) is 0. The summed E-state index contributed by atoms with van der Waals surface area (Å²) in [6.07, 6.45) is 3.02. The van der Waals surface area contributed by atoms with Gasteiger partial charge in [0.1, 0.15) is 6.10 Å². The second kappa shape index (κ2) is 3.33. The van der Waals surface area contributed by atoms with Gasteiger partial charge < -0.3 is 14.2 Å². The maximum atomic E-state index is 5.79. The average Bonchev–Trinajstić information content (AvgIpc) is 2.55. The Hall–Kier alpha value is -0.380. The van der Waals surface area contributed by atoms with E-state index in [0.29, 0.717) is 0 Å². The van der Waals surface area contributed by atoms with E-state index < -0.39 is 5.79 Å². The molecule has 2 aliphatic rings. The van der Waals surface area contributed by atoms with Crippen LogP contribution in [0.15, 0.2) is 11.6 Å². The van der Waals surface area contributed by atoms with Crippen LogP contribution in [0.25, 0.3) is 0 Å². The van der Waals surface area contributed by atoms with Crippen LogP contribution in [0.1, 0.15) is 34.1 Å². The van der Waals surface area contributed by atoms with Crippen LogP contribution in [-0.2, 0) is 14.2 Å². The number of ether oxygens (including phenoxy) is 3. The Bertz CT molecular complexity index is 257. The predicted molar refractivity (Wildman–Crippen MR) is 52.7 cm³/mol. The summed E-state index contributed by atoms with van der Waals surface area (Å²) in [5.41, 5.74) is 1.23. The number of hydrogen-bond donors (Lipinski definition) is 0. The Morgan fingerprint density at radius 1 is 1.36 bits per heavy atom. The fraction of sp³-hybridized carbons (Fsp3) is 0.818. The Labute approximate surface area is 85.0 Å². The molecule has 14 heavy (non-hydrogen) atoms. The van der Waals surface area contributed by atoms with Crippen LogP contribution in [-0.4, -0.2) is 24.3 Å². The maximum Gasteiger partial charge on any atom is 0.191 e. The smallest absolute Gasteiger partial charge is 0.191 e. The van der Waals surface area contributed by atoms with E-state index in [1.807, 2.05) is 20.8 Å². The molecule has 0 N–H and O–H groups in total. The molecule has 0 spiro atoms. The SMILES string of the molecule is CC=C1[C@H]2OC(C)(C)O[C@H]2O[C@@H]1CC. The van der Waals surface area contributed by atoms with Gasteiger partial charge in [-0.2, -0.15) is 0 Å². The number of hydrogen-bond acceptors (Lipinski definition) is 3. The minimum atomic E-state index is -0.512. The third-order valence-electron chi connectivity index (χ3n) is 2.76. The minimum absolute atomic E-state index is 0.0000463. The maximum absolute atomic E-state index is 5.79. The van der Waals surface area contributed by atoms with Crippen LogP contribution in [0.4, 0.5) is 0 Å². The molecule has 0 aromatic carbocycles. The molecule has 0 aromatic heterocycles. The van der Waals surface area contributed by atoms with Crippen LogP contribution in [0.3, 0.4) is 0 Å². The zero-order valence-corrected chi connectivity index (χ0v) is 9.24. The highest BCUT2D eigenvalue weighted by molar-refractivity contribution is 5.20. The van der Waals surface area contributed by atoms with Gasteiger partial charge in [-0.15, -0.1) is 0 Å². The van der Waals surface area contributed by atoms with E-state index in [-0.39, 0.29) is 18.5 Å². The highest BCUT2D eigenvalue weighted by atomic mass is 16.8. The number of fused-ring (bicyclic) bond motifs is 1. The quantitative estimate of drug-likeness (QED) is 0.605. The lowest BCUT2D eigenvalue weighted by molar-refractivity contribution is -0.200. The van der Waals surface area contributed by atoms with Gasteiger partial charge in [0, 0.05) is 0 Å². The lowest BCUT2D eigenvalue weighted by Crippen LogP contribution is -2.25.